The molecule has 0 amide bonds. The number of carboxylic acids is 2. The second-order valence-electron chi connectivity index (χ2n) is 3.91. The molecule has 1 rings (SSSR count). The fourth-order valence-corrected chi connectivity index (χ4v) is 1.76. The molecular weight excluding hydrogens is 222 g/mol. The highest BCUT2D eigenvalue weighted by Gasteiger charge is 2.27. The molecule has 1 aromatic rings. The van der Waals surface area contributed by atoms with Crippen molar-refractivity contribution in [1.82, 2.24) is 4.90 Å². The van der Waals surface area contributed by atoms with Crippen LogP contribution >= 0.6 is 0 Å². The Bertz CT molecular complexity index is 430. The summed E-state index contributed by atoms with van der Waals surface area (Å²) in [5.41, 5.74) is 1.45. The van der Waals surface area contributed by atoms with Crippen molar-refractivity contribution in [2.45, 2.75) is 13.0 Å². The lowest BCUT2D eigenvalue weighted by Crippen LogP contribution is -2.35. The van der Waals surface area contributed by atoms with E-state index in [0.29, 0.717) is 5.56 Å². The Morgan fingerprint density at radius 2 is 1.88 bits per heavy atom. The summed E-state index contributed by atoms with van der Waals surface area (Å²) >= 11 is 0. The Kier molecular flexibility index (Phi) is 4.23. The van der Waals surface area contributed by atoms with E-state index in [-0.39, 0.29) is 6.54 Å². The van der Waals surface area contributed by atoms with Crippen molar-refractivity contribution in [3.63, 3.8) is 0 Å². The monoisotopic (exact) mass is 237 g/mol. The van der Waals surface area contributed by atoms with Crippen LogP contribution in [0.3, 0.4) is 0 Å². The normalized spacial score (nSPS) is 12.4. The predicted octanol–water partition coefficient (Wildman–Crippen LogP) is 1.14. The van der Waals surface area contributed by atoms with Crippen molar-refractivity contribution >= 4 is 11.9 Å². The van der Waals surface area contributed by atoms with Crippen molar-refractivity contribution < 1.29 is 19.8 Å². The molecule has 1 aromatic carbocycles. The quantitative estimate of drug-likeness (QED) is 0.802. The van der Waals surface area contributed by atoms with Gasteiger partial charge < -0.3 is 10.2 Å². The van der Waals surface area contributed by atoms with Gasteiger partial charge in [-0.25, -0.2) is 0 Å². The molecule has 0 heterocycles. The Morgan fingerprint density at radius 3 is 2.35 bits per heavy atom. The second kappa shape index (κ2) is 5.45. The van der Waals surface area contributed by atoms with Crippen LogP contribution in [0, 0.1) is 6.92 Å². The molecule has 0 fully saturated rings. The number of benzene rings is 1. The zero-order valence-corrected chi connectivity index (χ0v) is 9.75. The smallest absolute Gasteiger partial charge is 0.325 e. The molecule has 0 aliphatic carbocycles. The molecule has 1 atom stereocenters. The van der Waals surface area contributed by atoms with Gasteiger partial charge in [-0.2, -0.15) is 0 Å². The minimum atomic E-state index is -1.05. The number of aliphatic carboxylic acids is 2. The number of carbonyl (C=O) groups is 2. The summed E-state index contributed by atoms with van der Waals surface area (Å²) in [4.78, 5) is 23.2. The molecule has 92 valence electrons. The van der Waals surface area contributed by atoms with E-state index < -0.39 is 18.0 Å². The van der Waals surface area contributed by atoms with E-state index in [0.717, 1.165) is 5.56 Å². The predicted molar refractivity (Wildman–Crippen MR) is 61.8 cm³/mol. The highest BCUT2D eigenvalue weighted by molar-refractivity contribution is 5.77. The van der Waals surface area contributed by atoms with Gasteiger partial charge in [-0.1, -0.05) is 24.3 Å². The van der Waals surface area contributed by atoms with Crippen LogP contribution in [0.15, 0.2) is 24.3 Å². The number of likely N-dealkylation sites (N-methyl/N-ethyl adjacent to an activating group) is 1. The van der Waals surface area contributed by atoms with E-state index in [1.807, 2.05) is 6.07 Å². The van der Waals surface area contributed by atoms with Gasteiger partial charge in [0.2, 0.25) is 0 Å². The third kappa shape index (κ3) is 3.29. The Morgan fingerprint density at radius 1 is 1.29 bits per heavy atom. The maximum Gasteiger partial charge on any atom is 0.325 e. The molecule has 0 spiro atoms. The highest BCUT2D eigenvalue weighted by Crippen LogP contribution is 2.22. The van der Waals surface area contributed by atoms with E-state index in [1.165, 1.54) is 11.9 Å². The summed E-state index contributed by atoms with van der Waals surface area (Å²) in [6.45, 7) is 1.49. The van der Waals surface area contributed by atoms with Crippen LogP contribution in [0.5, 0.6) is 0 Å². The van der Waals surface area contributed by atoms with Crippen LogP contribution in [-0.4, -0.2) is 40.6 Å². The van der Waals surface area contributed by atoms with Crippen molar-refractivity contribution in [2.75, 3.05) is 13.6 Å². The SMILES string of the molecule is Cc1ccccc1C(C(=O)O)N(C)CC(=O)O. The lowest BCUT2D eigenvalue weighted by Gasteiger charge is -2.24. The topological polar surface area (TPSA) is 77.8 Å². The molecule has 0 aromatic heterocycles. The van der Waals surface area contributed by atoms with Crippen molar-refractivity contribution in [2.24, 2.45) is 0 Å². The summed E-state index contributed by atoms with van der Waals surface area (Å²) in [6, 6.07) is 6.13. The van der Waals surface area contributed by atoms with E-state index >= 15 is 0 Å². The van der Waals surface area contributed by atoms with E-state index in [4.69, 9.17) is 5.11 Å². The number of hydrogen-bond donors (Lipinski definition) is 2. The fraction of sp³-hybridized carbons (Fsp3) is 0.333. The molecule has 0 aliphatic heterocycles. The van der Waals surface area contributed by atoms with Gasteiger partial charge in [0.25, 0.3) is 0 Å². The van der Waals surface area contributed by atoms with Crippen LogP contribution in [0.25, 0.3) is 0 Å². The third-order valence-corrected chi connectivity index (χ3v) is 2.54. The first-order valence-electron chi connectivity index (χ1n) is 5.14. The van der Waals surface area contributed by atoms with E-state index in [1.54, 1.807) is 25.1 Å². The van der Waals surface area contributed by atoms with Crippen molar-refractivity contribution in [1.29, 1.82) is 0 Å². The molecule has 0 bridgehead atoms. The molecule has 1 unspecified atom stereocenters. The van der Waals surface area contributed by atoms with E-state index in [2.05, 4.69) is 0 Å². The largest absolute Gasteiger partial charge is 0.480 e. The van der Waals surface area contributed by atoms with Gasteiger partial charge in [-0.15, -0.1) is 0 Å². The summed E-state index contributed by atoms with van der Waals surface area (Å²) in [5.74, 6) is -2.10. The molecule has 0 saturated carbocycles. The average molecular weight is 237 g/mol. The molecule has 17 heavy (non-hydrogen) atoms. The highest BCUT2D eigenvalue weighted by atomic mass is 16.4. The zero-order valence-electron chi connectivity index (χ0n) is 9.75. The minimum Gasteiger partial charge on any atom is -0.480 e. The van der Waals surface area contributed by atoms with Gasteiger partial charge in [0.1, 0.15) is 6.04 Å². The number of hydrogen-bond acceptors (Lipinski definition) is 3. The zero-order chi connectivity index (χ0) is 13.0. The van der Waals surface area contributed by atoms with Crippen LogP contribution in [0.4, 0.5) is 0 Å². The lowest BCUT2D eigenvalue weighted by atomic mass is 10.0. The van der Waals surface area contributed by atoms with Gasteiger partial charge in [0.05, 0.1) is 6.54 Å². The van der Waals surface area contributed by atoms with Gasteiger partial charge in [0.15, 0.2) is 0 Å². The summed E-state index contributed by atoms with van der Waals surface area (Å²) in [5, 5.41) is 17.9. The maximum atomic E-state index is 11.2. The summed E-state index contributed by atoms with van der Waals surface area (Å²) in [7, 11) is 1.49. The fourth-order valence-electron chi connectivity index (χ4n) is 1.76. The van der Waals surface area contributed by atoms with Crippen LogP contribution in [-0.2, 0) is 9.59 Å². The minimum absolute atomic E-state index is 0.314. The number of nitrogens with zero attached hydrogens (tertiary/aromatic N) is 1. The van der Waals surface area contributed by atoms with Crippen LogP contribution < -0.4 is 0 Å². The van der Waals surface area contributed by atoms with Crippen LogP contribution in [0.2, 0.25) is 0 Å². The standard InChI is InChI=1S/C12H15NO4/c1-8-5-3-4-6-9(8)11(12(16)17)13(2)7-10(14)15/h3-6,11H,7H2,1-2H3,(H,14,15)(H,16,17). The Labute approximate surface area is 99.3 Å². The van der Waals surface area contributed by atoms with Gasteiger partial charge in [0, 0.05) is 0 Å². The molecule has 5 heteroatoms. The molecule has 5 nitrogen and oxygen atoms in total. The molecular formula is C12H15NO4. The second-order valence-corrected chi connectivity index (χ2v) is 3.91. The summed E-state index contributed by atoms with van der Waals surface area (Å²) in [6.07, 6.45) is 0. The lowest BCUT2D eigenvalue weighted by molar-refractivity contribution is -0.145. The van der Waals surface area contributed by atoms with Crippen molar-refractivity contribution in [3.05, 3.63) is 35.4 Å². The molecule has 2 N–H and O–H groups in total. The van der Waals surface area contributed by atoms with Gasteiger partial charge >= 0.3 is 11.9 Å². The van der Waals surface area contributed by atoms with Gasteiger partial charge in [-0.3, -0.25) is 14.5 Å². The molecule has 0 radical (unpaired) electrons. The third-order valence-electron chi connectivity index (χ3n) is 2.54. The number of carboxylic acid groups (broad SMARTS) is 2. The first kappa shape index (κ1) is 13.2. The summed E-state index contributed by atoms with van der Waals surface area (Å²) < 4.78 is 0. The Hall–Kier alpha value is -1.88. The first-order chi connectivity index (χ1) is 7.93. The Balaban J connectivity index is 3.06. The van der Waals surface area contributed by atoms with Crippen molar-refractivity contribution in [3.8, 4) is 0 Å². The first-order valence-corrected chi connectivity index (χ1v) is 5.14. The number of rotatable bonds is 5. The van der Waals surface area contributed by atoms with E-state index in [9.17, 15) is 14.7 Å². The average Bonchev–Trinajstić information content (AvgIpc) is 2.19. The molecule has 0 saturated heterocycles. The van der Waals surface area contributed by atoms with Gasteiger partial charge in [-0.05, 0) is 25.1 Å². The molecule has 0 aliphatic rings. The van der Waals surface area contributed by atoms with Crippen LogP contribution in [0.1, 0.15) is 17.2 Å². The number of aryl methyl sites for hydroxylation is 1. The maximum absolute atomic E-state index is 11.2.